The highest BCUT2D eigenvalue weighted by Gasteiger charge is 2.16. The first kappa shape index (κ1) is 14.2. The fraction of sp³-hybridized carbons (Fsp3) is 0.357. The predicted molar refractivity (Wildman–Crippen MR) is 75.3 cm³/mol. The third kappa shape index (κ3) is 3.22. The van der Waals surface area contributed by atoms with Gasteiger partial charge in [-0.2, -0.15) is 0 Å². The molecule has 19 heavy (non-hydrogen) atoms. The summed E-state index contributed by atoms with van der Waals surface area (Å²) in [6.07, 6.45) is 4.21. The molecular formula is C14H16BrFN2O. The van der Waals surface area contributed by atoms with Gasteiger partial charge in [0.25, 0.3) is 0 Å². The summed E-state index contributed by atoms with van der Waals surface area (Å²) in [7, 11) is 0. The Hall–Kier alpha value is -1.20. The predicted octanol–water partition coefficient (Wildman–Crippen LogP) is 3.47. The lowest BCUT2D eigenvalue weighted by Crippen LogP contribution is -2.09. The maximum Gasteiger partial charge on any atom is 0.137 e. The van der Waals surface area contributed by atoms with Crippen LogP contribution in [-0.2, 0) is 13.0 Å². The summed E-state index contributed by atoms with van der Waals surface area (Å²) < 4.78 is 15.8. The van der Waals surface area contributed by atoms with Gasteiger partial charge in [-0.15, -0.1) is 0 Å². The number of halogens is 2. The molecule has 0 saturated carbocycles. The molecule has 0 saturated heterocycles. The summed E-state index contributed by atoms with van der Waals surface area (Å²) in [6.45, 7) is 2.95. The number of aryl methyl sites for hydroxylation is 1. The van der Waals surface area contributed by atoms with E-state index in [2.05, 4.69) is 27.8 Å². The Labute approximate surface area is 120 Å². The minimum atomic E-state index is -0.775. The van der Waals surface area contributed by atoms with Gasteiger partial charge < -0.3 is 9.67 Å². The Morgan fingerprint density at radius 2 is 2.26 bits per heavy atom. The summed E-state index contributed by atoms with van der Waals surface area (Å²) in [4.78, 5) is 4.25. The van der Waals surface area contributed by atoms with Crippen molar-refractivity contribution < 1.29 is 9.50 Å². The van der Waals surface area contributed by atoms with Gasteiger partial charge in [0.1, 0.15) is 11.6 Å². The van der Waals surface area contributed by atoms with Crippen molar-refractivity contribution in [2.24, 2.45) is 0 Å². The molecule has 0 amide bonds. The molecule has 1 unspecified atom stereocenters. The first-order chi connectivity index (χ1) is 9.13. The number of hydrogen-bond donors (Lipinski definition) is 1. The fourth-order valence-electron chi connectivity index (χ4n) is 2.04. The quantitative estimate of drug-likeness (QED) is 0.913. The van der Waals surface area contributed by atoms with Crippen LogP contribution in [0.15, 0.2) is 35.1 Å². The Kier molecular flexibility index (Phi) is 4.71. The number of hydrogen-bond acceptors (Lipinski definition) is 2. The van der Waals surface area contributed by atoms with E-state index in [1.807, 2.05) is 10.8 Å². The smallest absolute Gasteiger partial charge is 0.137 e. The van der Waals surface area contributed by atoms with Gasteiger partial charge in [-0.05, 0) is 34.0 Å². The summed E-state index contributed by atoms with van der Waals surface area (Å²) in [6, 6.07) is 4.67. The highest BCUT2D eigenvalue weighted by Crippen LogP contribution is 2.27. The third-order valence-electron chi connectivity index (χ3n) is 2.98. The minimum Gasteiger partial charge on any atom is -0.388 e. The van der Waals surface area contributed by atoms with Gasteiger partial charge in [0.15, 0.2) is 0 Å². The van der Waals surface area contributed by atoms with E-state index in [1.54, 1.807) is 18.3 Å². The molecule has 0 spiro atoms. The van der Waals surface area contributed by atoms with Gasteiger partial charge in [0, 0.05) is 25.4 Å². The van der Waals surface area contributed by atoms with Crippen molar-refractivity contribution in [2.45, 2.75) is 32.4 Å². The third-order valence-corrected chi connectivity index (χ3v) is 3.82. The summed E-state index contributed by atoms with van der Waals surface area (Å²) in [5.74, 6) is 0.443. The Balaban J connectivity index is 2.18. The fourth-order valence-corrected chi connectivity index (χ4v) is 2.56. The molecule has 0 fully saturated rings. The lowest BCUT2D eigenvalue weighted by atomic mass is 10.1. The number of imidazole rings is 1. The average Bonchev–Trinajstić information content (AvgIpc) is 2.80. The summed E-state index contributed by atoms with van der Waals surface area (Å²) >= 11 is 3.17. The number of nitrogens with zero attached hydrogens (tertiary/aromatic N) is 2. The second-order valence-electron chi connectivity index (χ2n) is 4.40. The first-order valence-corrected chi connectivity index (χ1v) is 7.04. The van der Waals surface area contributed by atoms with Crippen molar-refractivity contribution in [3.63, 3.8) is 0 Å². The van der Waals surface area contributed by atoms with Crippen molar-refractivity contribution in [1.29, 1.82) is 0 Å². The van der Waals surface area contributed by atoms with Crippen LogP contribution in [0.5, 0.6) is 0 Å². The lowest BCUT2D eigenvalue weighted by molar-refractivity contribution is 0.173. The monoisotopic (exact) mass is 326 g/mol. The maximum absolute atomic E-state index is 13.4. The first-order valence-electron chi connectivity index (χ1n) is 6.25. The zero-order valence-electron chi connectivity index (χ0n) is 10.7. The zero-order chi connectivity index (χ0) is 13.8. The Morgan fingerprint density at radius 1 is 1.47 bits per heavy atom. The molecule has 1 aromatic heterocycles. The topological polar surface area (TPSA) is 38.0 Å². The van der Waals surface area contributed by atoms with Crippen LogP contribution in [0.1, 0.15) is 30.8 Å². The molecule has 0 aliphatic heterocycles. The molecule has 5 heteroatoms. The molecule has 3 nitrogen and oxygen atoms in total. The normalized spacial score (nSPS) is 12.6. The van der Waals surface area contributed by atoms with Crippen molar-refractivity contribution >= 4 is 15.9 Å². The molecule has 102 valence electrons. The maximum atomic E-state index is 13.4. The van der Waals surface area contributed by atoms with Crippen LogP contribution < -0.4 is 0 Å². The van der Waals surface area contributed by atoms with Crippen LogP contribution >= 0.6 is 15.9 Å². The molecule has 1 heterocycles. The molecule has 0 aliphatic rings. The molecule has 1 N–H and O–H groups in total. The van der Waals surface area contributed by atoms with E-state index in [9.17, 15) is 9.50 Å². The number of rotatable bonds is 5. The number of aliphatic hydroxyl groups is 1. The zero-order valence-corrected chi connectivity index (χ0v) is 12.3. The Bertz CT molecular complexity index is 556. The van der Waals surface area contributed by atoms with E-state index in [4.69, 9.17) is 0 Å². The molecule has 2 rings (SSSR count). The van der Waals surface area contributed by atoms with E-state index >= 15 is 0 Å². The van der Waals surface area contributed by atoms with Crippen molar-refractivity contribution in [1.82, 2.24) is 9.55 Å². The van der Waals surface area contributed by atoms with Crippen molar-refractivity contribution in [3.8, 4) is 0 Å². The van der Waals surface area contributed by atoms with Crippen molar-refractivity contribution in [3.05, 3.63) is 52.3 Å². The van der Waals surface area contributed by atoms with Crippen LogP contribution in [0.3, 0.4) is 0 Å². The van der Waals surface area contributed by atoms with Crippen LogP contribution in [-0.4, -0.2) is 14.7 Å². The second-order valence-corrected chi connectivity index (χ2v) is 5.19. The minimum absolute atomic E-state index is 0.316. The van der Waals surface area contributed by atoms with Gasteiger partial charge in [-0.25, -0.2) is 9.37 Å². The molecule has 0 radical (unpaired) electrons. The molecule has 0 bridgehead atoms. The average molecular weight is 327 g/mol. The summed E-state index contributed by atoms with van der Waals surface area (Å²) in [5.41, 5.74) is 0.547. The molecule has 2 aromatic rings. The second kappa shape index (κ2) is 6.30. The molecule has 1 atom stereocenters. The molecule has 0 aliphatic carbocycles. The van der Waals surface area contributed by atoms with E-state index in [1.165, 1.54) is 6.07 Å². The summed E-state index contributed by atoms with van der Waals surface area (Å²) in [5, 5.41) is 10.2. The van der Waals surface area contributed by atoms with Crippen molar-refractivity contribution in [2.75, 3.05) is 0 Å². The van der Waals surface area contributed by atoms with Gasteiger partial charge >= 0.3 is 0 Å². The number of benzene rings is 1. The standard InChI is InChI=1S/C14H16BrFN2O/c1-2-7-18-8-6-17-13(18)9-12(19)10-4-3-5-11(16)14(10)15/h3-6,8,12,19H,2,7,9H2,1H3. The van der Waals surface area contributed by atoms with Gasteiger partial charge in [-0.3, -0.25) is 0 Å². The molecular weight excluding hydrogens is 311 g/mol. The van der Waals surface area contributed by atoms with Crippen LogP contribution in [0, 0.1) is 5.82 Å². The van der Waals surface area contributed by atoms with E-state index in [0.29, 0.717) is 16.5 Å². The van der Waals surface area contributed by atoms with Crippen LogP contribution in [0.25, 0.3) is 0 Å². The van der Waals surface area contributed by atoms with Gasteiger partial charge in [-0.1, -0.05) is 19.1 Å². The van der Waals surface area contributed by atoms with E-state index in [0.717, 1.165) is 18.8 Å². The highest BCUT2D eigenvalue weighted by atomic mass is 79.9. The van der Waals surface area contributed by atoms with E-state index < -0.39 is 6.10 Å². The largest absolute Gasteiger partial charge is 0.388 e. The van der Waals surface area contributed by atoms with Gasteiger partial charge in [0.2, 0.25) is 0 Å². The number of aromatic nitrogens is 2. The SMILES string of the molecule is CCCn1ccnc1CC(O)c1cccc(F)c1Br. The Morgan fingerprint density at radius 3 is 3.00 bits per heavy atom. The molecule has 1 aromatic carbocycles. The van der Waals surface area contributed by atoms with Gasteiger partial charge in [0.05, 0.1) is 10.6 Å². The lowest BCUT2D eigenvalue weighted by Gasteiger charge is -2.14. The van der Waals surface area contributed by atoms with Crippen LogP contribution in [0.4, 0.5) is 4.39 Å². The number of aliphatic hydroxyl groups excluding tert-OH is 1. The van der Waals surface area contributed by atoms with E-state index in [-0.39, 0.29) is 5.82 Å². The van der Waals surface area contributed by atoms with Crippen LogP contribution in [0.2, 0.25) is 0 Å². The highest BCUT2D eigenvalue weighted by molar-refractivity contribution is 9.10.